The second kappa shape index (κ2) is 7.28. The molecule has 1 rings (SSSR count). The Bertz CT molecular complexity index is 597. The van der Waals surface area contributed by atoms with Crippen molar-refractivity contribution in [2.45, 2.75) is 6.16 Å². The predicted molar refractivity (Wildman–Crippen MR) is 65.9 cm³/mol. The molecule has 23 heavy (non-hydrogen) atoms. The van der Waals surface area contributed by atoms with Crippen LogP contribution >= 0.6 is 0 Å². The average molecular weight is 334 g/mol. The molecule has 0 spiro atoms. The number of hydrogen-bond donors (Lipinski definition) is 8. The van der Waals surface area contributed by atoms with E-state index in [4.69, 9.17) is 40.9 Å². The quantitative estimate of drug-likeness (QED) is 0.281. The molecule has 0 aliphatic rings. The lowest BCUT2D eigenvalue weighted by molar-refractivity contribution is -0.436. The third-order valence-electron chi connectivity index (χ3n) is 2.09. The Labute approximate surface area is 125 Å². The zero-order valence-electron chi connectivity index (χ0n) is 10.9. The Morgan fingerprint density at radius 3 is 0.957 bits per heavy atom. The number of benzene rings is 1. The summed E-state index contributed by atoms with van der Waals surface area (Å²) in [4.78, 5) is 43.4. The largest absolute Gasteiger partial charge is 0.478 e. The monoisotopic (exact) mass is 334 g/mol. The van der Waals surface area contributed by atoms with Crippen LogP contribution in [0.4, 0.5) is 0 Å². The van der Waals surface area contributed by atoms with E-state index in [2.05, 4.69) is 0 Å². The number of rotatable bonds is 4. The smallest absolute Gasteiger partial charge is 0.402 e. The van der Waals surface area contributed by atoms with Gasteiger partial charge in [-0.2, -0.15) is 0 Å². The molecule has 12 nitrogen and oxygen atoms in total. The van der Waals surface area contributed by atoms with Gasteiger partial charge < -0.3 is 40.9 Å². The molecule has 0 heterocycles. The fourth-order valence-corrected chi connectivity index (χ4v) is 1.40. The van der Waals surface area contributed by atoms with Crippen LogP contribution in [0.25, 0.3) is 0 Å². The first-order valence-electron chi connectivity index (χ1n) is 5.27. The van der Waals surface area contributed by atoms with Crippen molar-refractivity contribution in [3.05, 3.63) is 34.4 Å². The molecule has 0 radical (unpaired) electrons. The Kier molecular flexibility index (Phi) is 6.31. The Hall–Kier alpha value is -3.06. The molecule has 0 aliphatic heterocycles. The van der Waals surface area contributed by atoms with Gasteiger partial charge in [0.05, 0.1) is 22.3 Å². The molecule has 0 aliphatic carbocycles. The highest BCUT2D eigenvalue weighted by atomic mass is 16.8. The summed E-state index contributed by atoms with van der Waals surface area (Å²) in [6, 6.07) is 1.48. The van der Waals surface area contributed by atoms with Crippen LogP contribution in [-0.4, -0.2) is 70.9 Å². The van der Waals surface area contributed by atoms with Crippen LogP contribution in [0.1, 0.15) is 41.4 Å². The number of carboxylic acids is 4. The molecule has 0 atom stereocenters. The maximum Gasteiger partial charge on any atom is 0.402 e. The van der Waals surface area contributed by atoms with Crippen molar-refractivity contribution >= 4 is 23.9 Å². The molecule has 12 heteroatoms. The molecule has 0 amide bonds. The van der Waals surface area contributed by atoms with E-state index in [9.17, 15) is 19.2 Å². The van der Waals surface area contributed by atoms with Crippen LogP contribution in [0.15, 0.2) is 12.1 Å². The molecular weight excluding hydrogens is 324 g/mol. The molecule has 0 saturated heterocycles. The maximum absolute atomic E-state index is 10.9. The number of aliphatic hydroxyl groups is 4. The molecule has 1 aromatic rings. The molecule has 1 aromatic carbocycles. The van der Waals surface area contributed by atoms with E-state index >= 15 is 0 Å². The summed E-state index contributed by atoms with van der Waals surface area (Å²) in [6.45, 7) is 0. The molecule has 0 fully saturated rings. The first-order valence-corrected chi connectivity index (χ1v) is 5.27. The van der Waals surface area contributed by atoms with Gasteiger partial charge >= 0.3 is 30.0 Å². The van der Waals surface area contributed by atoms with E-state index in [1.165, 1.54) is 0 Å². The van der Waals surface area contributed by atoms with Gasteiger partial charge in [-0.05, 0) is 12.1 Å². The van der Waals surface area contributed by atoms with Gasteiger partial charge in [0.1, 0.15) is 0 Å². The maximum atomic E-state index is 10.9. The highest BCUT2D eigenvalue weighted by Crippen LogP contribution is 2.20. The second-order valence-electron chi connectivity index (χ2n) is 3.73. The SMILES string of the molecule is O=C(O)c1ccc(C(=O)O)c(C(=O)O)c1C(=O)O.OC(O)(O)O. The Morgan fingerprint density at radius 1 is 0.609 bits per heavy atom. The molecule has 8 N–H and O–H groups in total. The van der Waals surface area contributed by atoms with E-state index < -0.39 is 52.3 Å². The summed E-state index contributed by atoms with van der Waals surface area (Å²) >= 11 is 0. The molecule has 0 saturated carbocycles. The normalized spacial score (nSPS) is 10.3. The molecule has 0 bridgehead atoms. The van der Waals surface area contributed by atoms with Gasteiger partial charge in [-0.25, -0.2) is 19.2 Å². The van der Waals surface area contributed by atoms with Gasteiger partial charge in [0, 0.05) is 0 Å². The van der Waals surface area contributed by atoms with Crippen LogP contribution in [0.2, 0.25) is 0 Å². The van der Waals surface area contributed by atoms with Crippen molar-refractivity contribution in [2.75, 3.05) is 0 Å². The van der Waals surface area contributed by atoms with Crippen molar-refractivity contribution in [1.29, 1.82) is 0 Å². The van der Waals surface area contributed by atoms with Crippen LogP contribution in [-0.2, 0) is 0 Å². The number of carboxylic acid groups (broad SMARTS) is 4. The van der Waals surface area contributed by atoms with E-state index in [0.29, 0.717) is 0 Å². The number of aromatic carboxylic acids is 4. The summed E-state index contributed by atoms with van der Waals surface area (Å²) in [5.74, 6) is -6.97. The summed E-state index contributed by atoms with van der Waals surface area (Å²) in [5, 5.41) is 63.9. The summed E-state index contributed by atoms with van der Waals surface area (Å²) in [5.41, 5.74) is -3.69. The van der Waals surface area contributed by atoms with Gasteiger partial charge in [-0.1, -0.05) is 0 Å². The second-order valence-corrected chi connectivity index (χ2v) is 3.73. The minimum atomic E-state index is -3.50. The number of hydrogen-bond acceptors (Lipinski definition) is 8. The summed E-state index contributed by atoms with van der Waals surface area (Å²) in [6.07, 6.45) is -3.50. The predicted octanol–water partition coefficient (Wildman–Crippen LogP) is -1.95. The zero-order valence-corrected chi connectivity index (χ0v) is 10.9. The lowest BCUT2D eigenvalue weighted by Crippen LogP contribution is -2.25. The first-order chi connectivity index (χ1) is 10.3. The van der Waals surface area contributed by atoms with Crippen LogP contribution < -0.4 is 0 Å². The highest BCUT2D eigenvalue weighted by Gasteiger charge is 2.29. The lowest BCUT2D eigenvalue weighted by atomic mass is 9.95. The van der Waals surface area contributed by atoms with E-state index in [1.54, 1.807) is 0 Å². The molecule has 0 aromatic heterocycles. The highest BCUT2D eigenvalue weighted by molar-refractivity contribution is 6.13. The summed E-state index contributed by atoms with van der Waals surface area (Å²) < 4.78 is 0. The molecule has 126 valence electrons. The van der Waals surface area contributed by atoms with Gasteiger partial charge in [0.15, 0.2) is 0 Å². The molecule has 0 unspecified atom stereocenters. The van der Waals surface area contributed by atoms with Crippen molar-refractivity contribution in [2.24, 2.45) is 0 Å². The Morgan fingerprint density at radius 2 is 0.826 bits per heavy atom. The van der Waals surface area contributed by atoms with E-state index in [1.807, 2.05) is 0 Å². The van der Waals surface area contributed by atoms with Crippen LogP contribution in [0.5, 0.6) is 0 Å². The Balaban J connectivity index is 0.000000841. The minimum absolute atomic E-state index is 0.738. The van der Waals surface area contributed by atoms with Gasteiger partial charge in [-0.15, -0.1) is 0 Å². The zero-order chi connectivity index (χ0) is 18.5. The van der Waals surface area contributed by atoms with Crippen molar-refractivity contribution in [3.63, 3.8) is 0 Å². The fraction of sp³-hybridized carbons (Fsp3) is 0.0909. The van der Waals surface area contributed by atoms with Crippen molar-refractivity contribution < 1.29 is 60.0 Å². The van der Waals surface area contributed by atoms with Crippen molar-refractivity contribution in [1.82, 2.24) is 0 Å². The topological polar surface area (TPSA) is 230 Å². The van der Waals surface area contributed by atoms with Crippen molar-refractivity contribution in [3.8, 4) is 0 Å². The van der Waals surface area contributed by atoms with Gasteiger partial charge in [0.25, 0.3) is 0 Å². The van der Waals surface area contributed by atoms with E-state index in [0.717, 1.165) is 12.1 Å². The standard InChI is InChI=1S/C10H6O8.CH4O4/c11-7(12)3-1-2-4(8(13)14)6(10(17)18)5(3)9(15)16;2-1(3,4)5/h1-2H,(H,11,12)(H,13,14)(H,15,16)(H,17,18);2-5H. The average Bonchev–Trinajstić information content (AvgIpc) is 2.34. The minimum Gasteiger partial charge on any atom is -0.478 e. The van der Waals surface area contributed by atoms with Crippen LogP contribution in [0, 0.1) is 0 Å². The van der Waals surface area contributed by atoms with Gasteiger partial charge in [-0.3, -0.25) is 0 Å². The third-order valence-corrected chi connectivity index (χ3v) is 2.09. The fourth-order valence-electron chi connectivity index (χ4n) is 1.40. The number of carbonyl (C=O) groups is 4. The van der Waals surface area contributed by atoms with Gasteiger partial charge in [0.2, 0.25) is 0 Å². The third kappa shape index (κ3) is 6.06. The molecular formula is C11H10O12. The first kappa shape index (κ1) is 19.9. The van der Waals surface area contributed by atoms with E-state index in [-0.39, 0.29) is 0 Å². The lowest BCUT2D eigenvalue weighted by Gasteiger charge is -2.08. The van der Waals surface area contributed by atoms with Crippen LogP contribution in [0.3, 0.4) is 0 Å². The summed E-state index contributed by atoms with van der Waals surface area (Å²) in [7, 11) is 0.